The fraction of sp³-hybridized carbons (Fsp3) is 0.286. The first-order chi connectivity index (χ1) is 13.9. The van der Waals surface area contributed by atoms with Crippen molar-refractivity contribution in [2.24, 2.45) is 0 Å². The smallest absolute Gasteiger partial charge is 0.243 e. The molecule has 5 rings (SSSR count). The Morgan fingerprint density at radius 3 is 2.34 bits per heavy atom. The molecule has 0 saturated carbocycles. The van der Waals surface area contributed by atoms with E-state index in [4.69, 9.17) is 0 Å². The molecule has 2 aromatic carbocycles. The lowest BCUT2D eigenvalue weighted by Gasteiger charge is -2.50. The van der Waals surface area contributed by atoms with Crippen LogP contribution in [0.3, 0.4) is 0 Å². The molecule has 7 nitrogen and oxygen atoms in total. The number of aromatic nitrogens is 1. The number of hydrogen-bond donors (Lipinski definition) is 2. The number of phenols is 1. The second-order valence-electron chi connectivity index (χ2n) is 7.73. The van der Waals surface area contributed by atoms with E-state index in [2.05, 4.69) is 9.88 Å². The van der Waals surface area contributed by atoms with Gasteiger partial charge in [0, 0.05) is 43.3 Å². The van der Waals surface area contributed by atoms with Crippen LogP contribution in [0.15, 0.2) is 59.6 Å². The molecule has 0 amide bonds. The summed E-state index contributed by atoms with van der Waals surface area (Å²) < 4.78 is 28.2. The molecule has 2 bridgehead atoms. The number of fused-ring (bicyclic) bond motifs is 3. The van der Waals surface area contributed by atoms with E-state index >= 15 is 0 Å². The van der Waals surface area contributed by atoms with E-state index in [1.807, 2.05) is 18.2 Å². The summed E-state index contributed by atoms with van der Waals surface area (Å²) in [5.74, 6) is 0.343. The van der Waals surface area contributed by atoms with Crippen molar-refractivity contribution >= 4 is 32.4 Å². The molecule has 2 unspecified atom stereocenters. The lowest BCUT2D eigenvalue weighted by Crippen LogP contribution is -2.63. The molecule has 2 aliphatic rings. The summed E-state index contributed by atoms with van der Waals surface area (Å²) in [5, 5.41) is 10.5. The lowest BCUT2D eigenvalue weighted by atomic mass is 9.90. The van der Waals surface area contributed by atoms with Crippen LogP contribution >= 0.6 is 0 Å². The van der Waals surface area contributed by atoms with Crippen molar-refractivity contribution in [3.05, 3.63) is 54.7 Å². The second-order valence-corrected chi connectivity index (χ2v) is 9.66. The van der Waals surface area contributed by atoms with Crippen LogP contribution in [0.1, 0.15) is 12.8 Å². The number of Topliss-reactive ketones (excluding diaryl/α,β-unsaturated/α-hetero) is 1. The third-order valence-corrected chi connectivity index (χ3v) is 7.68. The Bertz CT molecular complexity index is 1170. The lowest BCUT2D eigenvalue weighted by molar-refractivity contribution is -0.121. The Morgan fingerprint density at radius 2 is 1.66 bits per heavy atom. The summed E-state index contributed by atoms with van der Waals surface area (Å²) in [6.45, 7) is 0.516. The van der Waals surface area contributed by atoms with E-state index in [1.165, 1.54) is 4.31 Å². The number of piperidine rings is 1. The van der Waals surface area contributed by atoms with Gasteiger partial charge in [0.25, 0.3) is 0 Å². The first-order valence-corrected chi connectivity index (χ1v) is 11.0. The quantitative estimate of drug-likeness (QED) is 0.691. The maximum absolute atomic E-state index is 13.3. The molecule has 2 saturated heterocycles. The Morgan fingerprint density at radius 1 is 0.966 bits per heavy atom. The van der Waals surface area contributed by atoms with E-state index in [9.17, 15) is 18.3 Å². The number of nitrogens with one attached hydrogen (secondary N) is 1. The number of benzene rings is 2. The molecule has 1 aromatic heterocycles. The zero-order chi connectivity index (χ0) is 20.2. The molecule has 0 spiro atoms. The molecule has 2 aliphatic heterocycles. The minimum absolute atomic E-state index is 0.167. The van der Waals surface area contributed by atoms with Crippen molar-refractivity contribution < 1.29 is 18.3 Å². The number of nitrogens with zero attached hydrogens (tertiary/aromatic N) is 2. The van der Waals surface area contributed by atoms with E-state index in [0.29, 0.717) is 12.8 Å². The Balaban J connectivity index is 1.47. The highest BCUT2D eigenvalue weighted by Gasteiger charge is 2.44. The van der Waals surface area contributed by atoms with Gasteiger partial charge in [-0.2, -0.15) is 4.31 Å². The molecule has 3 aromatic rings. The number of aromatic amines is 1. The fourth-order valence-corrected chi connectivity index (χ4v) is 6.07. The summed E-state index contributed by atoms with van der Waals surface area (Å²) in [7, 11) is -3.67. The molecule has 0 aliphatic carbocycles. The van der Waals surface area contributed by atoms with Gasteiger partial charge in [-0.15, -0.1) is 0 Å². The van der Waals surface area contributed by atoms with E-state index < -0.39 is 10.0 Å². The summed E-state index contributed by atoms with van der Waals surface area (Å²) in [6, 6.07) is 13.4. The molecule has 3 heterocycles. The molecule has 29 heavy (non-hydrogen) atoms. The van der Waals surface area contributed by atoms with E-state index in [-0.39, 0.29) is 41.6 Å². The number of H-pyrrole nitrogens is 1. The number of rotatable bonds is 3. The SMILES string of the molecule is O=C1CC2CN(S(=O)(=O)c3ccc4cc[nH]c4c3)CC(C1)N2c1ccc(O)cc1. The number of hydrogen-bond acceptors (Lipinski definition) is 5. The monoisotopic (exact) mass is 411 g/mol. The zero-order valence-corrected chi connectivity index (χ0v) is 16.5. The minimum Gasteiger partial charge on any atom is -0.508 e. The number of carbonyl (C=O) groups is 1. The number of aromatic hydroxyl groups is 1. The average Bonchev–Trinajstić information content (AvgIpc) is 3.15. The first-order valence-electron chi connectivity index (χ1n) is 9.58. The van der Waals surface area contributed by atoms with E-state index in [0.717, 1.165) is 16.6 Å². The highest BCUT2D eigenvalue weighted by atomic mass is 32.2. The van der Waals surface area contributed by atoms with Crippen LogP contribution in [0.2, 0.25) is 0 Å². The predicted octanol–water partition coefficient (Wildman–Crippen LogP) is 2.48. The number of phenolic OH excluding ortho intramolecular Hbond substituents is 1. The number of ketones is 1. The maximum Gasteiger partial charge on any atom is 0.243 e. The third kappa shape index (κ3) is 3.08. The van der Waals surface area contributed by atoms with Crippen LogP contribution in [0.4, 0.5) is 5.69 Å². The van der Waals surface area contributed by atoms with Gasteiger partial charge in [0.1, 0.15) is 11.5 Å². The largest absolute Gasteiger partial charge is 0.508 e. The Kier molecular flexibility index (Phi) is 4.15. The summed E-state index contributed by atoms with van der Waals surface area (Å²) >= 11 is 0. The second kappa shape index (κ2) is 6.60. The van der Waals surface area contributed by atoms with Crippen molar-refractivity contribution in [1.29, 1.82) is 0 Å². The van der Waals surface area contributed by atoms with Gasteiger partial charge in [-0.1, -0.05) is 6.07 Å². The van der Waals surface area contributed by atoms with Gasteiger partial charge in [0.2, 0.25) is 10.0 Å². The number of anilines is 1. The maximum atomic E-state index is 13.3. The molecule has 150 valence electrons. The Hall–Kier alpha value is -2.84. The van der Waals surface area contributed by atoms with Gasteiger partial charge in [0.15, 0.2) is 0 Å². The molecule has 0 radical (unpaired) electrons. The normalized spacial score (nSPS) is 22.9. The van der Waals surface area contributed by atoms with E-state index in [1.54, 1.807) is 36.5 Å². The molecule has 8 heteroatoms. The molecular formula is C21H21N3O4S. The van der Waals surface area contributed by atoms with Gasteiger partial charge in [-0.05, 0) is 47.9 Å². The summed E-state index contributed by atoms with van der Waals surface area (Å²) in [4.78, 5) is 17.7. The van der Waals surface area contributed by atoms with Crippen LogP contribution in [0.25, 0.3) is 10.9 Å². The van der Waals surface area contributed by atoms with Crippen LogP contribution in [-0.4, -0.2) is 53.8 Å². The van der Waals surface area contributed by atoms with Crippen LogP contribution in [0, 0.1) is 0 Å². The molecule has 2 fully saturated rings. The topological polar surface area (TPSA) is 93.7 Å². The van der Waals surface area contributed by atoms with Crippen molar-refractivity contribution in [3.63, 3.8) is 0 Å². The van der Waals surface area contributed by atoms with Crippen LogP contribution in [-0.2, 0) is 14.8 Å². The van der Waals surface area contributed by atoms with Crippen molar-refractivity contribution in [2.75, 3.05) is 18.0 Å². The van der Waals surface area contributed by atoms with Gasteiger partial charge < -0.3 is 15.0 Å². The molecular weight excluding hydrogens is 390 g/mol. The third-order valence-electron chi connectivity index (χ3n) is 5.85. The highest BCUT2D eigenvalue weighted by molar-refractivity contribution is 7.89. The first kappa shape index (κ1) is 18.2. The Labute approximate surface area is 168 Å². The summed E-state index contributed by atoms with van der Waals surface area (Å²) in [5.41, 5.74) is 1.68. The average molecular weight is 411 g/mol. The van der Waals surface area contributed by atoms with Crippen LogP contribution in [0.5, 0.6) is 5.75 Å². The van der Waals surface area contributed by atoms with Crippen molar-refractivity contribution in [2.45, 2.75) is 29.8 Å². The number of sulfonamides is 1. The minimum atomic E-state index is -3.67. The summed E-state index contributed by atoms with van der Waals surface area (Å²) in [6.07, 6.45) is 2.42. The number of piperazine rings is 1. The van der Waals surface area contributed by atoms with Gasteiger partial charge >= 0.3 is 0 Å². The fourth-order valence-electron chi connectivity index (χ4n) is 4.53. The molecule has 2 atom stereocenters. The van der Waals surface area contributed by atoms with Crippen LogP contribution < -0.4 is 4.90 Å². The van der Waals surface area contributed by atoms with Crippen molar-refractivity contribution in [3.8, 4) is 5.75 Å². The highest BCUT2D eigenvalue weighted by Crippen LogP contribution is 2.35. The van der Waals surface area contributed by atoms with Crippen molar-refractivity contribution in [1.82, 2.24) is 9.29 Å². The predicted molar refractivity (Wildman–Crippen MR) is 109 cm³/mol. The van der Waals surface area contributed by atoms with Gasteiger partial charge in [0.05, 0.1) is 17.0 Å². The standard InChI is InChI=1S/C21H21N3O4S/c25-18-4-2-15(3-5-18)24-16-9-19(26)10-17(24)13-23(12-16)29(27,28)20-6-1-14-7-8-22-21(14)11-20/h1-8,11,16-17,22,25H,9-10,12-13H2. The number of carbonyl (C=O) groups excluding carboxylic acids is 1. The zero-order valence-electron chi connectivity index (χ0n) is 15.7. The van der Waals surface area contributed by atoms with Gasteiger partial charge in [-0.25, -0.2) is 8.42 Å². The van der Waals surface area contributed by atoms with Gasteiger partial charge in [-0.3, -0.25) is 4.79 Å². The molecule has 2 N–H and O–H groups in total.